The number of aromatic nitrogens is 2. The van der Waals surface area contributed by atoms with Crippen LogP contribution in [-0.2, 0) is 10.2 Å². The molecule has 2 fully saturated rings. The van der Waals surface area contributed by atoms with Gasteiger partial charge in [0.2, 0.25) is 5.89 Å². The molecule has 0 radical (unpaired) electrons. The van der Waals surface area contributed by atoms with Crippen molar-refractivity contribution in [3.8, 4) is 0 Å². The first-order chi connectivity index (χ1) is 10.3. The molecule has 124 valence electrons. The number of hydrogen-bond donors (Lipinski definition) is 1. The number of ether oxygens (including phenoxy) is 1. The molecule has 0 amide bonds. The molecule has 0 unspecified atom stereocenters. The highest BCUT2D eigenvalue weighted by molar-refractivity contribution is 5.33. The van der Waals surface area contributed by atoms with Crippen molar-refractivity contribution in [2.75, 3.05) is 24.7 Å². The third-order valence-electron chi connectivity index (χ3n) is 4.93. The van der Waals surface area contributed by atoms with E-state index in [4.69, 9.17) is 9.26 Å². The largest absolute Gasteiger partial charge is 0.390 e. The highest BCUT2D eigenvalue weighted by Crippen LogP contribution is 2.37. The van der Waals surface area contributed by atoms with E-state index in [0.29, 0.717) is 31.5 Å². The molecule has 0 spiro atoms. The number of anilines is 1. The van der Waals surface area contributed by atoms with Crippen LogP contribution in [0.15, 0.2) is 4.52 Å². The summed E-state index contributed by atoms with van der Waals surface area (Å²) < 4.78 is 11.1. The second-order valence-corrected chi connectivity index (χ2v) is 7.84. The first kappa shape index (κ1) is 15.7. The Bertz CT molecular complexity index is 521. The van der Waals surface area contributed by atoms with Gasteiger partial charge in [-0.1, -0.05) is 20.8 Å². The van der Waals surface area contributed by atoms with Gasteiger partial charge >= 0.3 is 0 Å². The van der Waals surface area contributed by atoms with Crippen molar-refractivity contribution >= 4 is 5.95 Å². The molecule has 0 aromatic carbocycles. The summed E-state index contributed by atoms with van der Waals surface area (Å²) in [5.74, 6) is 1.38. The van der Waals surface area contributed by atoms with Gasteiger partial charge in [0.25, 0.3) is 5.95 Å². The fraction of sp³-hybridized carbons (Fsp3) is 0.875. The van der Waals surface area contributed by atoms with Crippen molar-refractivity contribution in [1.82, 2.24) is 10.1 Å². The maximum atomic E-state index is 10.7. The van der Waals surface area contributed by atoms with Crippen molar-refractivity contribution in [3.05, 3.63) is 5.89 Å². The summed E-state index contributed by atoms with van der Waals surface area (Å²) in [4.78, 5) is 6.77. The summed E-state index contributed by atoms with van der Waals surface area (Å²) in [6.45, 7) is 10.2. The second-order valence-electron chi connectivity index (χ2n) is 7.84. The normalized spacial score (nSPS) is 33.4. The Labute approximate surface area is 131 Å². The van der Waals surface area contributed by atoms with Crippen LogP contribution in [0.25, 0.3) is 0 Å². The molecule has 1 aromatic heterocycles. The summed E-state index contributed by atoms with van der Waals surface area (Å²) in [6, 6.07) is 0.209. The van der Waals surface area contributed by atoms with Crippen LogP contribution in [-0.4, -0.2) is 46.6 Å². The maximum Gasteiger partial charge on any atom is 0.266 e. The smallest absolute Gasteiger partial charge is 0.266 e. The highest BCUT2D eigenvalue weighted by atomic mass is 16.5. The molecule has 22 heavy (non-hydrogen) atoms. The SMILES string of the molecule is CC(C)(C)c1nc(N2CCC[C@@H]2[C@@H]2COCC[C@@]2(C)O)no1. The van der Waals surface area contributed by atoms with Crippen LogP contribution in [0.5, 0.6) is 0 Å². The molecule has 0 saturated carbocycles. The zero-order valence-corrected chi connectivity index (χ0v) is 14.0. The molecule has 1 N–H and O–H groups in total. The van der Waals surface area contributed by atoms with Gasteiger partial charge < -0.3 is 19.3 Å². The van der Waals surface area contributed by atoms with E-state index < -0.39 is 5.60 Å². The van der Waals surface area contributed by atoms with E-state index in [9.17, 15) is 5.11 Å². The van der Waals surface area contributed by atoms with Crippen molar-refractivity contribution < 1.29 is 14.4 Å². The Kier molecular flexibility index (Phi) is 3.93. The van der Waals surface area contributed by atoms with E-state index in [1.165, 1.54) is 0 Å². The molecular weight excluding hydrogens is 282 g/mol. The van der Waals surface area contributed by atoms with Crippen molar-refractivity contribution in [2.45, 2.75) is 64.0 Å². The third-order valence-corrected chi connectivity index (χ3v) is 4.93. The molecule has 2 saturated heterocycles. The lowest BCUT2D eigenvalue weighted by Crippen LogP contribution is -2.52. The van der Waals surface area contributed by atoms with Crippen LogP contribution in [0, 0.1) is 5.92 Å². The number of aliphatic hydroxyl groups is 1. The molecule has 6 nitrogen and oxygen atoms in total. The highest BCUT2D eigenvalue weighted by Gasteiger charge is 2.45. The second kappa shape index (κ2) is 5.49. The fourth-order valence-electron chi connectivity index (χ4n) is 3.48. The van der Waals surface area contributed by atoms with Crippen molar-refractivity contribution in [3.63, 3.8) is 0 Å². The van der Waals surface area contributed by atoms with Gasteiger partial charge in [0.05, 0.1) is 12.2 Å². The monoisotopic (exact) mass is 309 g/mol. The van der Waals surface area contributed by atoms with Gasteiger partial charge in [-0.25, -0.2) is 0 Å². The third kappa shape index (κ3) is 2.86. The zero-order valence-electron chi connectivity index (χ0n) is 14.0. The Balaban J connectivity index is 1.82. The Morgan fingerprint density at radius 3 is 2.77 bits per heavy atom. The van der Waals surface area contributed by atoms with Crippen LogP contribution in [0.1, 0.15) is 52.8 Å². The Hall–Kier alpha value is -1.14. The molecular formula is C16H27N3O3. The standard InChI is InChI=1S/C16H27N3O3/c1-15(2,3)13-17-14(18-22-13)19-8-5-6-12(19)11-10-21-9-7-16(11,4)20/h11-12,20H,5-10H2,1-4H3/t11-,12+,16+/m0/s1. The summed E-state index contributed by atoms with van der Waals surface area (Å²) in [5.41, 5.74) is -0.845. The summed E-state index contributed by atoms with van der Waals surface area (Å²) in [6.07, 6.45) is 2.79. The minimum atomic E-state index is -0.692. The van der Waals surface area contributed by atoms with Gasteiger partial charge in [-0.2, -0.15) is 4.98 Å². The lowest BCUT2D eigenvalue weighted by atomic mass is 9.79. The van der Waals surface area contributed by atoms with E-state index in [1.807, 2.05) is 6.92 Å². The summed E-state index contributed by atoms with van der Waals surface area (Å²) in [7, 11) is 0. The zero-order chi connectivity index (χ0) is 16.0. The van der Waals surface area contributed by atoms with Crippen molar-refractivity contribution in [1.29, 1.82) is 0 Å². The average Bonchev–Trinajstić information content (AvgIpc) is 3.05. The predicted octanol–water partition coefficient (Wildman–Crippen LogP) is 2.12. The van der Waals surface area contributed by atoms with E-state index in [0.717, 1.165) is 19.4 Å². The van der Waals surface area contributed by atoms with Crippen molar-refractivity contribution in [2.24, 2.45) is 5.92 Å². The number of nitrogens with zero attached hydrogens (tertiary/aromatic N) is 3. The van der Waals surface area contributed by atoms with Crippen LogP contribution in [0.2, 0.25) is 0 Å². The molecule has 2 aliphatic rings. The van der Waals surface area contributed by atoms with Gasteiger partial charge in [0.1, 0.15) is 0 Å². The van der Waals surface area contributed by atoms with Gasteiger partial charge in [0, 0.05) is 30.5 Å². The van der Waals surface area contributed by atoms with E-state index in [1.54, 1.807) is 0 Å². The van der Waals surface area contributed by atoms with Gasteiger partial charge in [0.15, 0.2) is 0 Å². The Morgan fingerprint density at radius 2 is 2.14 bits per heavy atom. The fourth-order valence-corrected chi connectivity index (χ4v) is 3.48. The molecule has 3 rings (SSSR count). The van der Waals surface area contributed by atoms with E-state index in [-0.39, 0.29) is 17.4 Å². The minimum Gasteiger partial charge on any atom is -0.390 e. The average molecular weight is 309 g/mol. The first-order valence-corrected chi connectivity index (χ1v) is 8.20. The van der Waals surface area contributed by atoms with Gasteiger partial charge in [-0.05, 0) is 31.3 Å². The lowest BCUT2D eigenvalue weighted by Gasteiger charge is -2.42. The maximum absolute atomic E-state index is 10.7. The molecule has 3 atom stereocenters. The molecule has 1 aromatic rings. The Morgan fingerprint density at radius 1 is 1.36 bits per heavy atom. The first-order valence-electron chi connectivity index (χ1n) is 8.20. The molecule has 0 bridgehead atoms. The van der Waals surface area contributed by atoms with Gasteiger partial charge in [-0.15, -0.1) is 0 Å². The number of hydrogen-bond acceptors (Lipinski definition) is 6. The molecule has 2 aliphatic heterocycles. The summed E-state index contributed by atoms with van der Waals surface area (Å²) >= 11 is 0. The van der Waals surface area contributed by atoms with E-state index >= 15 is 0 Å². The van der Waals surface area contributed by atoms with Crippen LogP contribution >= 0.6 is 0 Å². The minimum absolute atomic E-state index is 0.0836. The van der Waals surface area contributed by atoms with Crippen LogP contribution in [0.3, 0.4) is 0 Å². The molecule has 0 aliphatic carbocycles. The lowest BCUT2D eigenvalue weighted by molar-refractivity contribution is -0.108. The quantitative estimate of drug-likeness (QED) is 0.902. The topological polar surface area (TPSA) is 71.6 Å². The predicted molar refractivity (Wildman–Crippen MR) is 82.9 cm³/mol. The molecule has 6 heteroatoms. The number of rotatable bonds is 2. The van der Waals surface area contributed by atoms with Gasteiger partial charge in [-0.3, -0.25) is 0 Å². The van der Waals surface area contributed by atoms with E-state index in [2.05, 4.69) is 35.8 Å². The van der Waals surface area contributed by atoms with Crippen LogP contribution < -0.4 is 4.90 Å². The summed E-state index contributed by atoms with van der Waals surface area (Å²) in [5, 5.41) is 14.9. The molecule has 3 heterocycles. The van der Waals surface area contributed by atoms with Crippen LogP contribution in [0.4, 0.5) is 5.95 Å².